The summed E-state index contributed by atoms with van der Waals surface area (Å²) >= 11 is 8.60. The van der Waals surface area contributed by atoms with Crippen molar-refractivity contribution in [2.75, 3.05) is 11.9 Å². The second kappa shape index (κ2) is 6.54. The monoisotopic (exact) mass is 387 g/mol. The van der Waals surface area contributed by atoms with E-state index >= 15 is 0 Å². The lowest BCUT2D eigenvalue weighted by Gasteiger charge is -2.07. The Balaban J connectivity index is 2.28. The third kappa shape index (κ3) is 3.46. The summed E-state index contributed by atoms with van der Waals surface area (Å²) in [4.78, 5) is 9.79. The SMILES string of the molecule is CCNc1ncc(Br)c(Sc2ccccc2Br)n1. The van der Waals surface area contributed by atoms with Crippen molar-refractivity contribution in [2.45, 2.75) is 16.8 Å². The van der Waals surface area contributed by atoms with E-state index in [2.05, 4.69) is 53.2 Å². The standard InChI is InChI=1S/C12H11Br2N3S/c1-2-15-12-16-7-9(14)11(17-12)18-10-6-4-3-5-8(10)13/h3-7H,2H2,1H3,(H,15,16,17). The highest BCUT2D eigenvalue weighted by Gasteiger charge is 2.08. The Labute approximate surface area is 127 Å². The van der Waals surface area contributed by atoms with E-state index in [0.29, 0.717) is 5.95 Å². The van der Waals surface area contributed by atoms with Crippen LogP contribution in [0.25, 0.3) is 0 Å². The average molecular weight is 389 g/mol. The van der Waals surface area contributed by atoms with Gasteiger partial charge in [0.15, 0.2) is 0 Å². The minimum Gasteiger partial charge on any atom is -0.354 e. The number of halogens is 2. The molecule has 1 aromatic carbocycles. The van der Waals surface area contributed by atoms with Crippen molar-refractivity contribution in [3.8, 4) is 0 Å². The molecule has 6 heteroatoms. The van der Waals surface area contributed by atoms with Gasteiger partial charge >= 0.3 is 0 Å². The predicted molar refractivity (Wildman–Crippen MR) is 82.2 cm³/mol. The molecule has 94 valence electrons. The van der Waals surface area contributed by atoms with Crippen molar-refractivity contribution in [1.29, 1.82) is 0 Å². The predicted octanol–water partition coefficient (Wildman–Crippen LogP) is 4.58. The van der Waals surface area contributed by atoms with Gasteiger partial charge in [0.05, 0.1) is 4.47 Å². The molecule has 1 N–H and O–H groups in total. The van der Waals surface area contributed by atoms with Gasteiger partial charge in [0.25, 0.3) is 0 Å². The summed E-state index contributed by atoms with van der Waals surface area (Å²) in [6.07, 6.45) is 1.77. The fourth-order valence-electron chi connectivity index (χ4n) is 1.30. The van der Waals surface area contributed by atoms with Crippen LogP contribution in [0.1, 0.15) is 6.92 Å². The molecule has 0 aliphatic heterocycles. The van der Waals surface area contributed by atoms with Gasteiger partial charge in [0.2, 0.25) is 5.95 Å². The van der Waals surface area contributed by atoms with Crippen molar-refractivity contribution in [2.24, 2.45) is 0 Å². The van der Waals surface area contributed by atoms with Crippen LogP contribution in [-0.4, -0.2) is 16.5 Å². The summed E-state index contributed by atoms with van der Waals surface area (Å²) in [5.41, 5.74) is 0. The molecular formula is C12H11Br2N3S. The molecule has 2 rings (SSSR count). The molecule has 18 heavy (non-hydrogen) atoms. The highest BCUT2D eigenvalue weighted by atomic mass is 79.9. The zero-order chi connectivity index (χ0) is 13.0. The second-order valence-corrected chi connectivity index (χ2v) is 6.15. The third-order valence-corrected chi connectivity index (χ3v) is 4.97. The van der Waals surface area contributed by atoms with Crippen molar-refractivity contribution in [1.82, 2.24) is 9.97 Å². The van der Waals surface area contributed by atoms with Gasteiger partial charge in [-0.15, -0.1) is 0 Å². The lowest BCUT2D eigenvalue weighted by Crippen LogP contribution is -2.02. The zero-order valence-electron chi connectivity index (χ0n) is 9.65. The van der Waals surface area contributed by atoms with Crippen LogP contribution in [0.4, 0.5) is 5.95 Å². The normalized spacial score (nSPS) is 10.4. The first-order chi connectivity index (χ1) is 8.70. The number of hydrogen-bond acceptors (Lipinski definition) is 4. The fraction of sp³-hybridized carbons (Fsp3) is 0.167. The van der Waals surface area contributed by atoms with Crippen LogP contribution in [0.2, 0.25) is 0 Å². The van der Waals surface area contributed by atoms with E-state index in [9.17, 15) is 0 Å². The minimum absolute atomic E-state index is 0.648. The number of benzene rings is 1. The van der Waals surface area contributed by atoms with Crippen LogP contribution < -0.4 is 5.32 Å². The molecular weight excluding hydrogens is 378 g/mol. The van der Waals surface area contributed by atoms with E-state index in [0.717, 1.165) is 25.4 Å². The maximum absolute atomic E-state index is 4.47. The van der Waals surface area contributed by atoms with E-state index < -0.39 is 0 Å². The molecule has 0 atom stereocenters. The van der Waals surface area contributed by atoms with Crippen molar-refractivity contribution in [3.63, 3.8) is 0 Å². The van der Waals surface area contributed by atoms with Crippen molar-refractivity contribution in [3.05, 3.63) is 39.4 Å². The van der Waals surface area contributed by atoms with Crippen molar-refractivity contribution >= 4 is 49.6 Å². The minimum atomic E-state index is 0.648. The maximum atomic E-state index is 4.47. The van der Waals surface area contributed by atoms with Gasteiger partial charge in [-0.25, -0.2) is 9.97 Å². The first-order valence-electron chi connectivity index (χ1n) is 5.39. The molecule has 0 aliphatic carbocycles. The van der Waals surface area contributed by atoms with Crippen LogP contribution in [0.15, 0.2) is 49.3 Å². The van der Waals surface area contributed by atoms with E-state index in [1.54, 1.807) is 18.0 Å². The summed E-state index contributed by atoms with van der Waals surface area (Å²) in [5, 5.41) is 4.00. The summed E-state index contributed by atoms with van der Waals surface area (Å²) in [6.45, 7) is 2.83. The van der Waals surface area contributed by atoms with Gasteiger partial charge in [0, 0.05) is 22.1 Å². The van der Waals surface area contributed by atoms with Crippen LogP contribution in [0, 0.1) is 0 Å². The zero-order valence-corrected chi connectivity index (χ0v) is 13.6. The van der Waals surface area contributed by atoms with E-state index in [1.807, 2.05) is 25.1 Å². The molecule has 0 fully saturated rings. The van der Waals surface area contributed by atoms with Crippen LogP contribution in [-0.2, 0) is 0 Å². The van der Waals surface area contributed by atoms with Gasteiger partial charge in [0.1, 0.15) is 5.03 Å². The van der Waals surface area contributed by atoms with Crippen molar-refractivity contribution < 1.29 is 0 Å². The second-order valence-electron chi connectivity index (χ2n) is 3.41. The highest BCUT2D eigenvalue weighted by molar-refractivity contribution is 9.11. The van der Waals surface area contributed by atoms with Gasteiger partial charge in [-0.3, -0.25) is 0 Å². The van der Waals surface area contributed by atoms with Gasteiger partial charge in [-0.2, -0.15) is 0 Å². The quantitative estimate of drug-likeness (QED) is 0.777. The van der Waals surface area contributed by atoms with Gasteiger partial charge in [-0.1, -0.05) is 23.9 Å². The van der Waals surface area contributed by atoms with Gasteiger partial charge in [-0.05, 0) is 50.9 Å². The lowest BCUT2D eigenvalue weighted by molar-refractivity contribution is 0.999. The molecule has 0 amide bonds. The summed E-state index contributed by atoms with van der Waals surface area (Å²) in [5.74, 6) is 0.648. The molecule has 0 bridgehead atoms. The van der Waals surface area contributed by atoms with Gasteiger partial charge < -0.3 is 5.32 Å². The number of anilines is 1. The van der Waals surface area contributed by atoms with E-state index in [1.165, 1.54) is 0 Å². The number of rotatable bonds is 4. The Morgan fingerprint density at radius 2 is 2.00 bits per heavy atom. The third-order valence-electron chi connectivity index (χ3n) is 2.09. The summed E-state index contributed by atoms with van der Waals surface area (Å²) in [7, 11) is 0. The average Bonchev–Trinajstić information content (AvgIpc) is 2.36. The largest absolute Gasteiger partial charge is 0.354 e. The Hall–Kier alpha value is -0.590. The first kappa shape index (κ1) is 13.8. The number of nitrogens with zero attached hydrogens (tertiary/aromatic N) is 2. The molecule has 0 saturated carbocycles. The van der Waals surface area contributed by atoms with Crippen LogP contribution in [0.3, 0.4) is 0 Å². The molecule has 0 unspecified atom stereocenters. The Bertz CT molecular complexity index is 549. The smallest absolute Gasteiger partial charge is 0.223 e. The molecule has 3 nitrogen and oxygen atoms in total. The van der Waals surface area contributed by atoms with E-state index in [-0.39, 0.29) is 0 Å². The summed E-state index contributed by atoms with van der Waals surface area (Å²) < 4.78 is 1.95. The van der Waals surface area contributed by atoms with Crippen LogP contribution in [0.5, 0.6) is 0 Å². The topological polar surface area (TPSA) is 37.8 Å². The van der Waals surface area contributed by atoms with E-state index in [4.69, 9.17) is 0 Å². The Morgan fingerprint density at radius 1 is 1.22 bits per heavy atom. The molecule has 0 radical (unpaired) electrons. The maximum Gasteiger partial charge on any atom is 0.223 e. The summed E-state index contributed by atoms with van der Waals surface area (Å²) in [6, 6.07) is 8.07. The Kier molecular flexibility index (Phi) is 5.03. The number of hydrogen-bond donors (Lipinski definition) is 1. The molecule has 0 spiro atoms. The molecule has 2 aromatic rings. The molecule has 1 aromatic heterocycles. The Morgan fingerprint density at radius 3 is 2.72 bits per heavy atom. The molecule has 0 aliphatic rings. The number of aromatic nitrogens is 2. The van der Waals surface area contributed by atoms with Crippen LogP contribution >= 0.6 is 43.6 Å². The highest BCUT2D eigenvalue weighted by Crippen LogP contribution is 2.35. The number of nitrogens with one attached hydrogen (secondary N) is 1. The fourth-order valence-corrected chi connectivity index (χ4v) is 3.06. The lowest BCUT2D eigenvalue weighted by atomic mass is 10.4. The first-order valence-corrected chi connectivity index (χ1v) is 7.79. The molecule has 0 saturated heterocycles. The molecule has 1 heterocycles.